The fraction of sp³-hybridized carbons (Fsp3) is 0.385. The second kappa shape index (κ2) is 12.4. The van der Waals surface area contributed by atoms with Crippen molar-refractivity contribution < 1.29 is 20.4 Å². The van der Waals surface area contributed by atoms with Gasteiger partial charge in [-0.3, -0.25) is 0 Å². The lowest BCUT2D eigenvalue weighted by Crippen LogP contribution is -2.12. The third kappa shape index (κ3) is 6.39. The van der Waals surface area contributed by atoms with Gasteiger partial charge in [-0.1, -0.05) is 55.7 Å². The van der Waals surface area contributed by atoms with E-state index in [1.165, 1.54) is 30.4 Å². The van der Waals surface area contributed by atoms with Gasteiger partial charge in [-0.15, -0.1) is 0 Å². The Morgan fingerprint density at radius 3 is 1.23 bits per heavy atom. The summed E-state index contributed by atoms with van der Waals surface area (Å²) >= 11 is 0. The molecular weight excluding hydrogens is 532 g/mol. The number of phenols is 4. The third-order valence-corrected chi connectivity index (χ3v) is 9.75. The number of hydrogen-bond donors (Lipinski definition) is 4. The maximum absolute atomic E-state index is 11.1. The molecule has 4 N–H and O–H groups in total. The lowest BCUT2D eigenvalue weighted by atomic mass is 9.76. The van der Waals surface area contributed by atoms with Crippen LogP contribution in [0.5, 0.6) is 23.0 Å². The molecule has 4 nitrogen and oxygen atoms in total. The van der Waals surface area contributed by atoms with Crippen LogP contribution in [0.3, 0.4) is 0 Å². The van der Waals surface area contributed by atoms with Gasteiger partial charge in [0.1, 0.15) is 23.0 Å². The molecule has 0 aromatic heterocycles. The van der Waals surface area contributed by atoms with Crippen molar-refractivity contribution in [2.45, 2.75) is 98.3 Å². The molecule has 0 radical (unpaired) electrons. The standard InChI is InChI=1S/C39H46O4/c1-22-16-36(40)24(3)12-28(22)18-32-20-30(14-26(5)38(32)42)34-10-8-7-9-11-35(34)31-15-27(6)39(43)33(21-31)19-29-13-25(4)37(41)17-23(29)2/h12-17,20-21,34-35,40-43H,7-11,18-19H2,1-6H3. The van der Waals surface area contributed by atoms with Gasteiger partial charge in [0.25, 0.3) is 0 Å². The Morgan fingerprint density at radius 1 is 0.442 bits per heavy atom. The molecule has 43 heavy (non-hydrogen) atoms. The lowest BCUT2D eigenvalue weighted by molar-refractivity contribution is 0.459. The normalized spacial score (nSPS) is 17.2. The highest BCUT2D eigenvalue weighted by Crippen LogP contribution is 2.46. The molecule has 4 aromatic carbocycles. The Morgan fingerprint density at radius 2 is 0.837 bits per heavy atom. The molecule has 1 aliphatic carbocycles. The van der Waals surface area contributed by atoms with E-state index in [1.54, 1.807) is 0 Å². The van der Waals surface area contributed by atoms with Crippen LogP contribution in [0.2, 0.25) is 0 Å². The molecule has 2 atom stereocenters. The van der Waals surface area contributed by atoms with Gasteiger partial charge in [0.15, 0.2) is 0 Å². The van der Waals surface area contributed by atoms with E-state index in [-0.39, 0.29) is 0 Å². The zero-order valence-electron chi connectivity index (χ0n) is 26.5. The summed E-state index contributed by atoms with van der Waals surface area (Å²) < 4.78 is 0. The molecule has 2 unspecified atom stereocenters. The maximum Gasteiger partial charge on any atom is 0.122 e. The van der Waals surface area contributed by atoms with Crippen LogP contribution in [0, 0.1) is 41.5 Å². The summed E-state index contributed by atoms with van der Waals surface area (Å²) in [6.07, 6.45) is 6.93. The van der Waals surface area contributed by atoms with Gasteiger partial charge in [0.2, 0.25) is 0 Å². The van der Waals surface area contributed by atoms with Gasteiger partial charge >= 0.3 is 0 Å². The average molecular weight is 579 g/mol. The van der Waals surface area contributed by atoms with Gasteiger partial charge < -0.3 is 20.4 Å². The second-order valence-corrected chi connectivity index (χ2v) is 13.0. The number of hydrogen-bond acceptors (Lipinski definition) is 4. The van der Waals surface area contributed by atoms with Gasteiger partial charge in [-0.25, -0.2) is 0 Å². The minimum atomic E-state index is 0.302. The minimum Gasteiger partial charge on any atom is -0.508 e. The SMILES string of the molecule is Cc1cc(Cc2cc(C3CCCCCC3c3cc(C)c(O)c(Cc4cc(C)c(O)cc4C)c3)cc(C)c2O)c(C)cc1O. The number of rotatable bonds is 6. The van der Waals surface area contributed by atoms with Crippen molar-refractivity contribution in [1.29, 1.82) is 0 Å². The molecule has 1 saturated carbocycles. The first-order valence-corrected chi connectivity index (χ1v) is 15.7. The Balaban J connectivity index is 1.54. The van der Waals surface area contributed by atoms with Crippen LogP contribution in [0.25, 0.3) is 0 Å². The van der Waals surface area contributed by atoms with Gasteiger partial charge in [0, 0.05) is 12.8 Å². The zero-order chi connectivity index (χ0) is 31.0. The van der Waals surface area contributed by atoms with E-state index < -0.39 is 0 Å². The molecule has 0 spiro atoms. The fourth-order valence-corrected chi connectivity index (χ4v) is 7.08. The van der Waals surface area contributed by atoms with Crippen LogP contribution in [0.15, 0.2) is 48.5 Å². The second-order valence-electron chi connectivity index (χ2n) is 13.0. The molecule has 226 valence electrons. The van der Waals surface area contributed by atoms with Crippen molar-refractivity contribution in [3.05, 3.63) is 115 Å². The molecule has 1 aliphatic rings. The molecule has 1 fully saturated rings. The van der Waals surface area contributed by atoms with E-state index >= 15 is 0 Å². The van der Waals surface area contributed by atoms with Crippen molar-refractivity contribution in [2.24, 2.45) is 0 Å². The lowest BCUT2D eigenvalue weighted by Gasteiger charge is -2.28. The Bertz CT molecular complexity index is 1540. The molecular formula is C39H46O4. The van der Waals surface area contributed by atoms with Crippen molar-refractivity contribution in [1.82, 2.24) is 0 Å². The maximum atomic E-state index is 11.1. The van der Waals surface area contributed by atoms with Crippen LogP contribution >= 0.6 is 0 Å². The highest BCUT2D eigenvalue weighted by Gasteiger charge is 2.29. The molecule has 0 bridgehead atoms. The Kier molecular flexibility index (Phi) is 8.78. The van der Waals surface area contributed by atoms with E-state index in [4.69, 9.17) is 0 Å². The number of benzene rings is 4. The Labute approximate surface area is 256 Å². The van der Waals surface area contributed by atoms with Crippen LogP contribution in [0.1, 0.15) is 111 Å². The first-order chi connectivity index (χ1) is 20.4. The average Bonchev–Trinajstić information content (AvgIpc) is 3.21. The molecule has 0 aliphatic heterocycles. The molecule has 5 rings (SSSR count). The fourth-order valence-electron chi connectivity index (χ4n) is 7.08. The molecule has 0 amide bonds. The largest absolute Gasteiger partial charge is 0.508 e. The van der Waals surface area contributed by atoms with E-state index in [9.17, 15) is 20.4 Å². The predicted octanol–water partition coefficient (Wildman–Crippen LogP) is 9.37. The highest BCUT2D eigenvalue weighted by molar-refractivity contribution is 5.52. The summed E-state index contributed by atoms with van der Waals surface area (Å²) in [5, 5.41) is 42.6. The first-order valence-electron chi connectivity index (χ1n) is 15.7. The quantitative estimate of drug-likeness (QED) is 0.172. The third-order valence-electron chi connectivity index (χ3n) is 9.75. The van der Waals surface area contributed by atoms with E-state index in [0.717, 1.165) is 68.5 Å². The summed E-state index contributed by atoms with van der Waals surface area (Å²) in [4.78, 5) is 0. The summed E-state index contributed by atoms with van der Waals surface area (Å²) in [5.74, 6) is 1.91. The predicted molar refractivity (Wildman–Crippen MR) is 175 cm³/mol. The minimum absolute atomic E-state index is 0.302. The van der Waals surface area contributed by atoms with Gasteiger partial charge in [-0.05, 0) is 145 Å². The number of aryl methyl sites for hydroxylation is 6. The van der Waals surface area contributed by atoms with Gasteiger partial charge in [-0.2, -0.15) is 0 Å². The highest BCUT2D eigenvalue weighted by atomic mass is 16.3. The topological polar surface area (TPSA) is 80.9 Å². The smallest absolute Gasteiger partial charge is 0.122 e. The summed E-state index contributed by atoms with van der Waals surface area (Å²) in [6, 6.07) is 16.4. The molecule has 0 saturated heterocycles. The Hall–Kier alpha value is -3.92. The summed E-state index contributed by atoms with van der Waals surface area (Å²) in [7, 11) is 0. The molecule has 4 heteroatoms. The van der Waals surface area contributed by atoms with E-state index in [0.29, 0.717) is 47.7 Å². The number of aromatic hydroxyl groups is 4. The summed E-state index contributed by atoms with van der Waals surface area (Å²) in [5.41, 5.74) is 12.1. The van der Waals surface area contributed by atoms with Crippen LogP contribution < -0.4 is 0 Å². The van der Waals surface area contributed by atoms with Crippen molar-refractivity contribution >= 4 is 0 Å². The monoisotopic (exact) mass is 578 g/mol. The van der Waals surface area contributed by atoms with Crippen LogP contribution in [-0.2, 0) is 12.8 Å². The summed E-state index contributed by atoms with van der Waals surface area (Å²) in [6.45, 7) is 11.8. The molecule has 4 aromatic rings. The van der Waals surface area contributed by atoms with E-state index in [2.05, 4.69) is 24.3 Å². The van der Waals surface area contributed by atoms with Crippen molar-refractivity contribution in [2.75, 3.05) is 0 Å². The zero-order valence-corrected chi connectivity index (χ0v) is 26.5. The first kappa shape index (κ1) is 30.5. The number of phenolic OH excluding ortho intramolecular Hbond substituents is 4. The van der Waals surface area contributed by atoms with Crippen molar-refractivity contribution in [3.8, 4) is 23.0 Å². The van der Waals surface area contributed by atoms with Crippen LogP contribution in [0.4, 0.5) is 0 Å². The van der Waals surface area contributed by atoms with Gasteiger partial charge in [0.05, 0.1) is 0 Å². The van der Waals surface area contributed by atoms with E-state index in [1.807, 2.05) is 65.8 Å². The van der Waals surface area contributed by atoms with Crippen LogP contribution in [-0.4, -0.2) is 20.4 Å². The van der Waals surface area contributed by atoms with Crippen molar-refractivity contribution in [3.63, 3.8) is 0 Å². The molecule has 0 heterocycles.